The van der Waals surface area contributed by atoms with Crippen LogP contribution >= 0.6 is 23.4 Å². The van der Waals surface area contributed by atoms with Crippen molar-refractivity contribution in [1.29, 1.82) is 0 Å². The van der Waals surface area contributed by atoms with Crippen molar-refractivity contribution in [2.45, 2.75) is 41.9 Å². The Morgan fingerprint density at radius 1 is 0.978 bits per heavy atom. The second-order valence-corrected chi connectivity index (χ2v) is 12.3. The summed E-state index contributed by atoms with van der Waals surface area (Å²) in [6.45, 7) is 1.50. The molecule has 1 aromatic heterocycles. The average molecular weight is 645 g/mol. The molecule has 2 amide bonds. The summed E-state index contributed by atoms with van der Waals surface area (Å²) < 4.78 is 11.5. The van der Waals surface area contributed by atoms with Gasteiger partial charge < -0.3 is 20.5 Å². The van der Waals surface area contributed by atoms with Crippen LogP contribution in [0.3, 0.4) is 0 Å². The molecule has 1 aliphatic heterocycles. The molecule has 1 aliphatic rings. The Labute approximate surface area is 273 Å². The lowest BCUT2D eigenvalue weighted by molar-refractivity contribution is -0.119. The highest BCUT2D eigenvalue weighted by Gasteiger charge is 2.36. The molecule has 1 fully saturated rings. The first-order valence-electron chi connectivity index (χ1n) is 14.9. The largest absolute Gasteiger partial charge is 0.452 e. The van der Waals surface area contributed by atoms with Crippen LogP contribution in [0.1, 0.15) is 29.0 Å². The molecule has 1 saturated heterocycles. The lowest BCUT2D eigenvalue weighted by atomic mass is 9.85. The number of rotatable bonds is 11. The molecule has 0 unspecified atom stereocenters. The molecule has 3 aromatic carbocycles. The van der Waals surface area contributed by atoms with E-state index in [9.17, 15) is 9.59 Å². The molecule has 0 radical (unpaired) electrons. The summed E-state index contributed by atoms with van der Waals surface area (Å²) >= 11 is 7.75. The summed E-state index contributed by atoms with van der Waals surface area (Å²) in [5.74, 6) is -0.259. The number of nitrogens with zero attached hydrogens (tertiary/aromatic N) is 2. The molecule has 3 N–H and O–H groups in total. The Morgan fingerprint density at radius 3 is 2.38 bits per heavy atom. The molecule has 2 heterocycles. The zero-order valence-electron chi connectivity index (χ0n) is 25.1. The van der Waals surface area contributed by atoms with E-state index in [-0.39, 0.29) is 12.2 Å². The number of halogens is 1. The van der Waals surface area contributed by atoms with Gasteiger partial charge in [-0.25, -0.2) is 9.69 Å². The fourth-order valence-corrected chi connectivity index (χ4v) is 6.58. The topological polar surface area (TPSA) is 107 Å². The maximum absolute atomic E-state index is 14.2. The van der Waals surface area contributed by atoms with Crippen LogP contribution in [0.5, 0.6) is 0 Å². The fourth-order valence-electron chi connectivity index (χ4n) is 5.55. The van der Waals surface area contributed by atoms with Crippen molar-refractivity contribution < 1.29 is 19.1 Å². The van der Waals surface area contributed by atoms with E-state index >= 15 is 0 Å². The number of nitrogens with two attached hydrogens (primary N) is 1. The maximum Gasteiger partial charge on any atom is 0.420 e. The van der Waals surface area contributed by atoms with Crippen molar-refractivity contribution in [3.05, 3.63) is 125 Å². The van der Waals surface area contributed by atoms with Crippen LogP contribution < -0.4 is 16.0 Å². The van der Waals surface area contributed by atoms with E-state index in [1.165, 1.54) is 7.11 Å². The first-order chi connectivity index (χ1) is 21.9. The van der Waals surface area contributed by atoms with E-state index in [0.717, 1.165) is 50.4 Å². The highest BCUT2D eigenvalue weighted by atomic mass is 35.5. The van der Waals surface area contributed by atoms with Crippen LogP contribution in [0.25, 0.3) is 0 Å². The summed E-state index contributed by atoms with van der Waals surface area (Å²) in [6, 6.07) is 27.3. The van der Waals surface area contributed by atoms with Gasteiger partial charge in [0.15, 0.2) is 0 Å². The van der Waals surface area contributed by atoms with Crippen molar-refractivity contribution in [3.8, 4) is 0 Å². The van der Waals surface area contributed by atoms with E-state index in [4.69, 9.17) is 26.8 Å². The highest BCUT2D eigenvalue weighted by Crippen LogP contribution is 2.31. The SMILES string of the molecule is COC(=O)N(C(=O)[C@@H](N)[C@@H](c1ccccc1)c1ccncc1)c1ccccc1CC[C@@H]1CNC[C@@H](CSc2ccc(Cl)cc2)O1. The minimum Gasteiger partial charge on any atom is -0.452 e. The molecule has 0 aliphatic carbocycles. The monoisotopic (exact) mass is 644 g/mol. The molecule has 8 nitrogen and oxygen atoms in total. The molecule has 4 aromatic rings. The van der Waals surface area contributed by atoms with E-state index in [0.29, 0.717) is 18.5 Å². The van der Waals surface area contributed by atoms with Gasteiger partial charge in [-0.05, 0) is 72.0 Å². The number of benzene rings is 3. The molecular weight excluding hydrogens is 608 g/mol. The summed E-state index contributed by atoms with van der Waals surface area (Å²) in [5, 5.41) is 4.21. The van der Waals surface area contributed by atoms with Gasteiger partial charge in [0.25, 0.3) is 5.91 Å². The lowest BCUT2D eigenvalue weighted by Crippen LogP contribution is -2.50. The minimum atomic E-state index is -1.08. The summed E-state index contributed by atoms with van der Waals surface area (Å²) in [7, 11) is 1.26. The first kappa shape index (κ1) is 32.7. The van der Waals surface area contributed by atoms with Crippen LogP contribution in [-0.4, -0.2) is 61.2 Å². The molecule has 234 valence electrons. The first-order valence-corrected chi connectivity index (χ1v) is 16.3. The Morgan fingerprint density at radius 2 is 1.64 bits per heavy atom. The number of anilines is 1. The number of pyridine rings is 1. The standard InChI is InChI=1S/C35H37ClN4O4S/c1-43-35(42)40(34(41)33(37)32(25-8-3-2-4-9-25)26-17-19-38-20-18-26)31-10-6-5-7-24(31)11-14-28-21-39-22-29(44-28)23-45-30-15-12-27(36)13-16-30/h2-10,12-13,15-20,28-29,32-33,39H,11,14,21-23,37H2,1H3/t28-,29+,32+,33+/m1/s1. The third kappa shape index (κ3) is 8.51. The van der Waals surface area contributed by atoms with Gasteiger partial charge in [0.2, 0.25) is 0 Å². The van der Waals surface area contributed by atoms with Crippen molar-refractivity contribution in [1.82, 2.24) is 10.3 Å². The van der Waals surface area contributed by atoms with E-state index in [1.807, 2.05) is 78.9 Å². The predicted octanol–water partition coefficient (Wildman–Crippen LogP) is 6.08. The molecule has 0 bridgehead atoms. The summed E-state index contributed by atoms with van der Waals surface area (Å²) in [6.07, 6.45) is 3.85. The molecule has 4 atom stereocenters. The zero-order chi connectivity index (χ0) is 31.6. The number of para-hydroxylation sites is 1. The number of aryl methyl sites for hydroxylation is 1. The molecule has 10 heteroatoms. The third-order valence-electron chi connectivity index (χ3n) is 7.79. The lowest BCUT2D eigenvalue weighted by Gasteiger charge is -2.32. The van der Waals surface area contributed by atoms with Gasteiger partial charge in [-0.1, -0.05) is 60.1 Å². The summed E-state index contributed by atoms with van der Waals surface area (Å²) in [5.41, 5.74) is 9.68. The average Bonchev–Trinajstić information content (AvgIpc) is 3.08. The number of methoxy groups -OCH3 is 1. The Balaban J connectivity index is 1.31. The second-order valence-electron chi connectivity index (χ2n) is 10.8. The Kier molecular flexibility index (Phi) is 11.6. The number of amides is 2. The minimum absolute atomic E-state index is 0.0266. The van der Waals surface area contributed by atoms with Gasteiger partial charge in [0.05, 0.1) is 31.0 Å². The Hall–Kier alpha value is -3.73. The number of thioether (sulfide) groups is 1. The quantitative estimate of drug-likeness (QED) is 0.189. The number of carbonyl (C=O) groups excluding carboxylic acids is 2. The molecule has 0 saturated carbocycles. The number of nitrogens with one attached hydrogen (secondary N) is 1. The summed E-state index contributed by atoms with van der Waals surface area (Å²) in [4.78, 5) is 33.8. The van der Waals surface area contributed by atoms with Gasteiger partial charge >= 0.3 is 6.09 Å². The van der Waals surface area contributed by atoms with Crippen molar-refractivity contribution in [3.63, 3.8) is 0 Å². The van der Waals surface area contributed by atoms with Crippen LogP contribution in [0, 0.1) is 0 Å². The number of hydrogen-bond acceptors (Lipinski definition) is 8. The van der Waals surface area contributed by atoms with Gasteiger partial charge in [0.1, 0.15) is 0 Å². The van der Waals surface area contributed by atoms with E-state index in [2.05, 4.69) is 10.3 Å². The van der Waals surface area contributed by atoms with E-state index in [1.54, 1.807) is 36.3 Å². The normalized spacial score (nSPS) is 17.7. The van der Waals surface area contributed by atoms with Crippen LogP contribution in [0.2, 0.25) is 5.02 Å². The van der Waals surface area contributed by atoms with Crippen molar-refractivity contribution in [2.24, 2.45) is 5.73 Å². The Bertz CT molecular complexity index is 1510. The smallest absolute Gasteiger partial charge is 0.420 e. The number of aromatic nitrogens is 1. The number of morpholine rings is 1. The van der Waals surface area contributed by atoms with Gasteiger partial charge in [-0.15, -0.1) is 11.8 Å². The van der Waals surface area contributed by atoms with Gasteiger partial charge in [-0.2, -0.15) is 0 Å². The molecule has 45 heavy (non-hydrogen) atoms. The highest BCUT2D eigenvalue weighted by molar-refractivity contribution is 7.99. The predicted molar refractivity (Wildman–Crippen MR) is 179 cm³/mol. The molecule has 5 rings (SSSR count). The molecule has 0 spiro atoms. The fraction of sp³-hybridized carbons (Fsp3) is 0.286. The van der Waals surface area contributed by atoms with Crippen molar-refractivity contribution in [2.75, 3.05) is 30.9 Å². The van der Waals surface area contributed by atoms with E-state index < -0.39 is 24.0 Å². The van der Waals surface area contributed by atoms with Gasteiger partial charge in [-0.3, -0.25) is 9.78 Å². The number of ether oxygens (including phenoxy) is 2. The number of carbonyl (C=O) groups is 2. The second kappa shape index (κ2) is 16.0. The van der Waals surface area contributed by atoms with Crippen LogP contribution in [-0.2, 0) is 20.7 Å². The van der Waals surface area contributed by atoms with Crippen LogP contribution in [0.4, 0.5) is 10.5 Å². The van der Waals surface area contributed by atoms with Crippen LogP contribution in [0.15, 0.2) is 108 Å². The van der Waals surface area contributed by atoms with Gasteiger partial charge in [0, 0.05) is 47.1 Å². The number of hydrogen-bond donors (Lipinski definition) is 2. The number of imide groups is 1. The van der Waals surface area contributed by atoms with Crippen molar-refractivity contribution >= 4 is 41.1 Å². The zero-order valence-corrected chi connectivity index (χ0v) is 26.6. The maximum atomic E-state index is 14.2. The molecular formula is C35H37ClN4O4S. The third-order valence-corrected chi connectivity index (χ3v) is 9.19.